The Balaban J connectivity index is 0.00000161. The number of aliphatic hydroxyl groups excluding tert-OH is 1. The van der Waals surface area contributed by atoms with Gasteiger partial charge in [0.15, 0.2) is 0 Å². The summed E-state index contributed by atoms with van der Waals surface area (Å²) in [7, 11) is 1.70. The molecule has 2 aromatic rings. The predicted molar refractivity (Wildman–Crippen MR) is 73.3 cm³/mol. The van der Waals surface area contributed by atoms with Gasteiger partial charge in [-0.15, -0.1) is 0 Å². The quantitative estimate of drug-likeness (QED) is 0.481. The molecule has 1 radical (unpaired) electrons. The van der Waals surface area contributed by atoms with Crippen LogP contribution in [0.2, 0.25) is 0 Å². The summed E-state index contributed by atoms with van der Waals surface area (Å²) in [4.78, 5) is 12.8. The summed E-state index contributed by atoms with van der Waals surface area (Å²) < 4.78 is 7.24. The number of fused-ring (bicyclic) bond motifs is 1. The fourth-order valence-corrected chi connectivity index (χ4v) is 3.22. The standard InChI is InChI=1S/C14H19N4O2.2W.Y/c1-8-13-14(16-7-15-8)18(9(2)17-13)11-4-10(6-20-3)5-12(11)19;;;/h10-12,19H,4-6H2,1-3H3;;;/q-1;;;/t10-,11+,12?;;;/m0.../s1. The van der Waals surface area contributed by atoms with Crippen LogP contribution in [0.25, 0.3) is 11.2 Å². The van der Waals surface area contributed by atoms with Gasteiger partial charge in [0.1, 0.15) is 0 Å². The van der Waals surface area contributed by atoms with Gasteiger partial charge >= 0.3 is 0 Å². The summed E-state index contributed by atoms with van der Waals surface area (Å²) in [6.45, 7) is 4.52. The number of imidazole rings is 1. The number of aromatic nitrogens is 4. The molecule has 1 aliphatic carbocycles. The molecule has 0 aromatic carbocycles. The number of ether oxygens (including phenoxy) is 1. The van der Waals surface area contributed by atoms with E-state index < -0.39 is 0 Å². The molecular weight excluding hydrogens is 713 g/mol. The predicted octanol–water partition coefficient (Wildman–Crippen LogP) is 1.19. The molecule has 9 heteroatoms. The van der Waals surface area contributed by atoms with Gasteiger partial charge < -0.3 is 24.4 Å². The Kier molecular flexibility index (Phi) is 10.6. The molecule has 123 valence electrons. The minimum atomic E-state index is -0.387. The van der Waals surface area contributed by atoms with Crippen LogP contribution < -0.4 is 0 Å². The molecule has 1 unspecified atom stereocenters. The Morgan fingerprint density at radius 3 is 2.61 bits per heavy atom. The monoisotopic (exact) mass is 732 g/mol. The van der Waals surface area contributed by atoms with E-state index in [4.69, 9.17) is 4.74 Å². The van der Waals surface area contributed by atoms with E-state index in [9.17, 15) is 5.11 Å². The third-order valence-electron chi connectivity index (χ3n) is 4.11. The molecule has 23 heavy (non-hydrogen) atoms. The van der Waals surface area contributed by atoms with Crippen molar-refractivity contribution in [1.82, 2.24) is 19.5 Å². The van der Waals surface area contributed by atoms with Crippen LogP contribution in [0.1, 0.15) is 30.4 Å². The van der Waals surface area contributed by atoms with Crippen LogP contribution in [0.15, 0.2) is 0 Å². The zero-order valence-corrected chi connectivity index (χ0v) is 22.1. The van der Waals surface area contributed by atoms with E-state index in [1.807, 2.05) is 18.4 Å². The van der Waals surface area contributed by atoms with Crippen molar-refractivity contribution < 1.29 is 84.7 Å². The Morgan fingerprint density at radius 1 is 1.26 bits per heavy atom. The van der Waals surface area contributed by atoms with Gasteiger partial charge in [-0.25, -0.2) is 0 Å². The SMILES string of the molecule is COC[C@@H]1CC(O)[C@H](n2c(C)nc3c(C)n[c-]nc32)C1.[W].[W].[Y]. The zero-order chi connectivity index (χ0) is 14.3. The fourth-order valence-electron chi connectivity index (χ4n) is 3.22. The molecule has 2 aromatic heterocycles. The van der Waals surface area contributed by atoms with Gasteiger partial charge in [0, 0.05) is 106 Å². The molecular formula is C14H19N4O2W2Y-. The van der Waals surface area contributed by atoms with E-state index in [-0.39, 0.29) is 87.0 Å². The smallest absolute Gasteiger partial charge is 0.0942 e. The fraction of sp³-hybridized carbons (Fsp3) is 0.643. The Bertz CT molecular complexity index is 641. The van der Waals surface area contributed by atoms with Crippen molar-refractivity contribution in [3.8, 4) is 0 Å². The largest absolute Gasteiger partial charge is 0.391 e. The van der Waals surface area contributed by atoms with E-state index in [1.54, 1.807) is 7.11 Å². The molecule has 3 rings (SSSR count). The molecule has 0 saturated heterocycles. The molecule has 6 nitrogen and oxygen atoms in total. The van der Waals surface area contributed by atoms with Gasteiger partial charge in [-0.2, -0.15) is 0 Å². The average Bonchev–Trinajstić information content (AvgIpc) is 2.91. The van der Waals surface area contributed by atoms with Crippen LogP contribution in [0.3, 0.4) is 0 Å². The molecule has 1 fully saturated rings. The van der Waals surface area contributed by atoms with Crippen molar-refractivity contribution in [3.63, 3.8) is 0 Å². The topological polar surface area (TPSA) is 73.1 Å². The summed E-state index contributed by atoms with van der Waals surface area (Å²) >= 11 is 0. The van der Waals surface area contributed by atoms with Crippen molar-refractivity contribution in [2.24, 2.45) is 5.92 Å². The maximum atomic E-state index is 10.4. The summed E-state index contributed by atoms with van der Waals surface area (Å²) in [5, 5.41) is 10.4. The van der Waals surface area contributed by atoms with Crippen LogP contribution >= 0.6 is 0 Å². The first-order chi connectivity index (χ1) is 9.61. The van der Waals surface area contributed by atoms with Crippen molar-refractivity contribution in [2.45, 2.75) is 38.8 Å². The second-order valence-corrected chi connectivity index (χ2v) is 5.54. The normalized spacial score (nSPS) is 23.0. The number of aryl methyl sites for hydroxylation is 2. The van der Waals surface area contributed by atoms with Crippen molar-refractivity contribution in [2.75, 3.05) is 13.7 Å². The zero-order valence-electron chi connectivity index (χ0n) is 13.4. The maximum absolute atomic E-state index is 10.4. The van der Waals surface area contributed by atoms with Gasteiger partial charge in [-0.05, 0) is 31.4 Å². The van der Waals surface area contributed by atoms with Gasteiger partial charge in [0.2, 0.25) is 0 Å². The van der Waals surface area contributed by atoms with E-state index in [0.29, 0.717) is 12.5 Å². The van der Waals surface area contributed by atoms with E-state index in [2.05, 4.69) is 21.3 Å². The van der Waals surface area contributed by atoms with Gasteiger partial charge in [-0.3, -0.25) is 4.98 Å². The Morgan fingerprint density at radius 2 is 1.96 bits per heavy atom. The van der Waals surface area contributed by atoms with Crippen LogP contribution in [-0.4, -0.2) is 44.4 Å². The van der Waals surface area contributed by atoms with Gasteiger partial charge in [0.05, 0.1) is 18.0 Å². The number of rotatable bonds is 3. The van der Waals surface area contributed by atoms with E-state index >= 15 is 0 Å². The number of hydrogen-bond donors (Lipinski definition) is 1. The van der Waals surface area contributed by atoms with E-state index in [0.717, 1.165) is 35.5 Å². The van der Waals surface area contributed by atoms with Crippen LogP contribution in [0.5, 0.6) is 0 Å². The third kappa shape index (κ3) is 4.77. The minimum Gasteiger partial charge on any atom is -0.391 e. The first-order valence-corrected chi connectivity index (χ1v) is 6.88. The Labute approximate surface area is 190 Å². The second kappa shape index (κ2) is 10.2. The molecule has 0 aliphatic heterocycles. The summed E-state index contributed by atoms with van der Waals surface area (Å²) in [5.41, 5.74) is 2.37. The van der Waals surface area contributed by atoms with Gasteiger partial charge in [-0.1, -0.05) is 6.92 Å². The first kappa shape index (κ1) is 24.0. The van der Waals surface area contributed by atoms with Crippen molar-refractivity contribution in [1.29, 1.82) is 0 Å². The minimum absolute atomic E-state index is 0. The molecule has 3 atom stereocenters. The maximum Gasteiger partial charge on any atom is 0.0942 e. The summed E-state index contributed by atoms with van der Waals surface area (Å²) in [6.07, 6.45) is 3.91. The third-order valence-corrected chi connectivity index (χ3v) is 4.11. The summed E-state index contributed by atoms with van der Waals surface area (Å²) in [6, 6.07) is 0.00264. The first-order valence-electron chi connectivity index (χ1n) is 6.88. The van der Waals surface area contributed by atoms with Crippen molar-refractivity contribution in [3.05, 3.63) is 17.8 Å². The molecule has 1 saturated carbocycles. The van der Waals surface area contributed by atoms with Crippen LogP contribution in [-0.2, 0) is 79.6 Å². The summed E-state index contributed by atoms with van der Waals surface area (Å²) in [5.74, 6) is 1.24. The number of hydrogen-bond acceptors (Lipinski definition) is 5. The number of nitrogens with zero attached hydrogens (tertiary/aromatic N) is 4. The molecule has 1 aliphatic rings. The molecule has 1 N–H and O–H groups in total. The van der Waals surface area contributed by atoms with Crippen LogP contribution in [0, 0.1) is 26.1 Å². The number of methoxy groups -OCH3 is 1. The molecule has 2 heterocycles. The van der Waals surface area contributed by atoms with E-state index in [1.165, 1.54) is 0 Å². The van der Waals surface area contributed by atoms with Crippen LogP contribution in [0.4, 0.5) is 0 Å². The molecule has 0 bridgehead atoms. The molecule has 0 spiro atoms. The van der Waals surface area contributed by atoms with Gasteiger partial charge in [0.25, 0.3) is 0 Å². The Hall–Kier alpha value is 0.951. The second-order valence-electron chi connectivity index (χ2n) is 5.54. The van der Waals surface area contributed by atoms with Crippen molar-refractivity contribution >= 4 is 11.2 Å². The molecule has 0 amide bonds. The number of aliphatic hydroxyl groups is 1. The average molecular weight is 732 g/mol.